The number of sulfonamides is 1. The van der Waals surface area contributed by atoms with Crippen LogP contribution in [0.2, 0.25) is 5.02 Å². The van der Waals surface area contributed by atoms with E-state index in [1.807, 2.05) is 6.07 Å². The Bertz CT molecular complexity index is 1150. The first-order chi connectivity index (χ1) is 14.8. The molecule has 0 aliphatic carbocycles. The van der Waals surface area contributed by atoms with Crippen molar-refractivity contribution in [3.05, 3.63) is 95.0 Å². The molecule has 0 saturated heterocycles. The molecule has 0 fully saturated rings. The molecular weight excluding hydrogens is 438 g/mol. The van der Waals surface area contributed by atoms with Gasteiger partial charge in [-0.2, -0.15) is 0 Å². The Labute approximate surface area is 185 Å². The predicted octanol–water partition coefficient (Wildman–Crippen LogP) is 3.30. The van der Waals surface area contributed by atoms with Gasteiger partial charge in [0, 0.05) is 34.9 Å². The van der Waals surface area contributed by atoms with Crippen LogP contribution in [0, 0.1) is 0 Å². The number of hydrogen-bond acceptors (Lipinski definition) is 4. The number of benzene rings is 3. The number of rotatable bonds is 8. The van der Waals surface area contributed by atoms with Crippen LogP contribution in [0.4, 0.5) is 5.69 Å². The van der Waals surface area contributed by atoms with Gasteiger partial charge in [-0.3, -0.25) is 14.3 Å². The molecule has 9 heteroatoms. The van der Waals surface area contributed by atoms with E-state index in [1.54, 1.807) is 48.5 Å². The number of amides is 2. The summed E-state index contributed by atoms with van der Waals surface area (Å²) in [6.07, 6.45) is 0. The molecule has 0 aliphatic heterocycles. The molecule has 0 bridgehead atoms. The first-order valence-electron chi connectivity index (χ1n) is 9.35. The molecule has 3 rings (SSSR count). The molecule has 0 saturated carbocycles. The third-order valence-electron chi connectivity index (χ3n) is 4.26. The van der Waals surface area contributed by atoms with Crippen molar-refractivity contribution in [2.75, 3.05) is 17.8 Å². The molecule has 7 nitrogen and oxygen atoms in total. The minimum absolute atomic E-state index is 0.0223. The van der Waals surface area contributed by atoms with E-state index >= 15 is 0 Å². The van der Waals surface area contributed by atoms with Crippen LogP contribution in [0.3, 0.4) is 0 Å². The third kappa shape index (κ3) is 6.31. The average Bonchev–Trinajstić information content (AvgIpc) is 2.78. The molecule has 0 aliphatic rings. The normalized spacial score (nSPS) is 10.9. The van der Waals surface area contributed by atoms with E-state index in [0.717, 1.165) is 0 Å². The highest BCUT2D eigenvalue weighted by Gasteiger charge is 2.15. The summed E-state index contributed by atoms with van der Waals surface area (Å²) in [6.45, 7) is 0.493. The van der Waals surface area contributed by atoms with E-state index in [0.29, 0.717) is 21.8 Å². The molecule has 0 atom stereocenters. The molecule has 0 radical (unpaired) electrons. The zero-order chi connectivity index (χ0) is 22.3. The van der Waals surface area contributed by atoms with Gasteiger partial charge < -0.3 is 10.6 Å². The van der Waals surface area contributed by atoms with Crippen molar-refractivity contribution in [2.24, 2.45) is 0 Å². The van der Waals surface area contributed by atoms with Gasteiger partial charge in [0.15, 0.2) is 0 Å². The number of nitrogens with one attached hydrogen (secondary N) is 3. The van der Waals surface area contributed by atoms with E-state index in [-0.39, 0.29) is 29.8 Å². The maximum Gasteiger partial charge on any atom is 0.261 e. The van der Waals surface area contributed by atoms with Crippen molar-refractivity contribution in [3.63, 3.8) is 0 Å². The molecular formula is C22H20ClN3O4S. The van der Waals surface area contributed by atoms with Gasteiger partial charge in [0.25, 0.3) is 21.8 Å². The number of hydrogen-bond donors (Lipinski definition) is 3. The summed E-state index contributed by atoms with van der Waals surface area (Å²) in [5.74, 6) is -0.596. The zero-order valence-electron chi connectivity index (χ0n) is 16.3. The molecule has 0 spiro atoms. The number of anilines is 1. The van der Waals surface area contributed by atoms with Gasteiger partial charge in [-0.05, 0) is 60.7 Å². The van der Waals surface area contributed by atoms with Gasteiger partial charge in [0.1, 0.15) is 0 Å². The largest absolute Gasteiger partial charge is 0.350 e. The Hall–Kier alpha value is -3.36. The number of halogens is 1. The summed E-state index contributed by atoms with van der Waals surface area (Å²) >= 11 is 5.80. The topological polar surface area (TPSA) is 104 Å². The van der Waals surface area contributed by atoms with Crippen LogP contribution >= 0.6 is 11.6 Å². The van der Waals surface area contributed by atoms with E-state index < -0.39 is 10.0 Å². The molecule has 3 aromatic carbocycles. The fourth-order valence-corrected chi connectivity index (χ4v) is 3.85. The maximum absolute atomic E-state index is 12.5. The van der Waals surface area contributed by atoms with Crippen molar-refractivity contribution in [1.29, 1.82) is 0 Å². The lowest BCUT2D eigenvalue weighted by Crippen LogP contribution is -2.34. The molecule has 3 N–H and O–H groups in total. The van der Waals surface area contributed by atoms with Gasteiger partial charge in [-0.1, -0.05) is 29.8 Å². The third-order valence-corrected chi connectivity index (χ3v) is 5.90. The van der Waals surface area contributed by atoms with Crippen molar-refractivity contribution in [3.8, 4) is 0 Å². The number of carbonyl (C=O) groups excluding carboxylic acids is 2. The summed E-state index contributed by atoms with van der Waals surface area (Å²) < 4.78 is 27.4. The van der Waals surface area contributed by atoms with Crippen molar-refractivity contribution in [1.82, 2.24) is 10.6 Å². The van der Waals surface area contributed by atoms with Crippen LogP contribution in [-0.2, 0) is 10.0 Å². The number of carbonyl (C=O) groups is 2. The quantitative estimate of drug-likeness (QED) is 0.451. The second-order valence-corrected chi connectivity index (χ2v) is 8.63. The highest BCUT2D eigenvalue weighted by Crippen LogP contribution is 2.18. The summed E-state index contributed by atoms with van der Waals surface area (Å²) in [6, 6.07) is 20.6. The molecule has 0 aromatic heterocycles. The van der Waals surface area contributed by atoms with Crippen LogP contribution in [0.5, 0.6) is 0 Å². The second-order valence-electron chi connectivity index (χ2n) is 6.51. The Morgan fingerprint density at radius 2 is 1.23 bits per heavy atom. The summed E-state index contributed by atoms with van der Waals surface area (Å²) in [7, 11) is -3.80. The standard InChI is InChI=1S/C22H20ClN3O4S/c23-18-8-10-19(11-9-18)26-31(29,30)20-12-6-17(7-13-20)22(28)25-15-14-24-21(27)16-4-2-1-3-5-16/h1-13,26H,14-15H2,(H,24,27)(H,25,28). The highest BCUT2D eigenvalue weighted by molar-refractivity contribution is 7.92. The van der Waals surface area contributed by atoms with Crippen LogP contribution in [0.25, 0.3) is 0 Å². The Balaban J connectivity index is 1.51. The minimum atomic E-state index is -3.80. The maximum atomic E-state index is 12.5. The SMILES string of the molecule is O=C(NCCNC(=O)c1ccc(S(=O)(=O)Nc2ccc(Cl)cc2)cc1)c1ccccc1. The summed E-state index contributed by atoms with van der Waals surface area (Å²) in [5, 5.41) is 5.89. The van der Waals surface area contributed by atoms with Crippen LogP contribution in [0.1, 0.15) is 20.7 Å². The van der Waals surface area contributed by atoms with E-state index in [4.69, 9.17) is 11.6 Å². The van der Waals surface area contributed by atoms with E-state index in [2.05, 4.69) is 15.4 Å². The molecule has 31 heavy (non-hydrogen) atoms. The lowest BCUT2D eigenvalue weighted by molar-refractivity contribution is 0.0927. The van der Waals surface area contributed by atoms with Gasteiger partial charge in [0.2, 0.25) is 0 Å². The first-order valence-corrected chi connectivity index (χ1v) is 11.2. The Morgan fingerprint density at radius 3 is 1.77 bits per heavy atom. The van der Waals surface area contributed by atoms with Crippen molar-refractivity contribution >= 4 is 39.1 Å². The van der Waals surface area contributed by atoms with Crippen LogP contribution in [-0.4, -0.2) is 33.3 Å². The fraction of sp³-hybridized carbons (Fsp3) is 0.0909. The van der Waals surface area contributed by atoms with E-state index in [1.165, 1.54) is 24.3 Å². The average molecular weight is 458 g/mol. The Morgan fingerprint density at radius 1 is 0.710 bits per heavy atom. The molecule has 160 valence electrons. The van der Waals surface area contributed by atoms with Gasteiger partial charge in [0.05, 0.1) is 4.90 Å². The van der Waals surface area contributed by atoms with E-state index in [9.17, 15) is 18.0 Å². The molecule has 0 unspecified atom stereocenters. The van der Waals surface area contributed by atoms with Crippen LogP contribution in [0.15, 0.2) is 83.8 Å². The first kappa shape index (κ1) is 22.3. The fourth-order valence-electron chi connectivity index (χ4n) is 2.66. The lowest BCUT2D eigenvalue weighted by atomic mass is 10.2. The van der Waals surface area contributed by atoms with Crippen LogP contribution < -0.4 is 15.4 Å². The monoisotopic (exact) mass is 457 g/mol. The van der Waals surface area contributed by atoms with Gasteiger partial charge in [-0.15, -0.1) is 0 Å². The zero-order valence-corrected chi connectivity index (χ0v) is 17.9. The smallest absolute Gasteiger partial charge is 0.261 e. The second kappa shape index (κ2) is 10.1. The molecule has 0 heterocycles. The highest BCUT2D eigenvalue weighted by atomic mass is 35.5. The molecule has 3 aromatic rings. The summed E-state index contributed by atoms with van der Waals surface area (Å²) in [5.41, 5.74) is 1.22. The Kier molecular flexibility index (Phi) is 7.28. The summed E-state index contributed by atoms with van der Waals surface area (Å²) in [4.78, 5) is 24.2. The predicted molar refractivity (Wildman–Crippen MR) is 120 cm³/mol. The lowest BCUT2D eigenvalue weighted by Gasteiger charge is -2.10. The van der Waals surface area contributed by atoms with Crippen molar-refractivity contribution in [2.45, 2.75) is 4.90 Å². The van der Waals surface area contributed by atoms with Gasteiger partial charge in [-0.25, -0.2) is 8.42 Å². The molecule has 2 amide bonds. The van der Waals surface area contributed by atoms with Crippen molar-refractivity contribution < 1.29 is 18.0 Å². The van der Waals surface area contributed by atoms with Gasteiger partial charge >= 0.3 is 0 Å². The minimum Gasteiger partial charge on any atom is -0.350 e.